The molecule has 1 amide bonds. The smallest absolute Gasteiger partial charge is 0.307 e. The molecule has 0 radical (unpaired) electrons. The van der Waals surface area contributed by atoms with Crippen molar-refractivity contribution in [1.82, 2.24) is 4.98 Å². The van der Waals surface area contributed by atoms with Gasteiger partial charge in [0.2, 0.25) is 5.91 Å². The molecule has 3 aromatic carbocycles. The summed E-state index contributed by atoms with van der Waals surface area (Å²) in [4.78, 5) is 30.4. The van der Waals surface area contributed by atoms with Gasteiger partial charge in [0, 0.05) is 40.0 Å². The molecule has 37 heavy (non-hydrogen) atoms. The van der Waals surface area contributed by atoms with Crippen molar-refractivity contribution in [2.45, 2.75) is 36.5 Å². The first-order valence-electron chi connectivity index (χ1n) is 12.0. The summed E-state index contributed by atoms with van der Waals surface area (Å²) in [5.41, 5.74) is 11.8. The SMILES string of the molecule is COc1ccc(N(C)C(=O)C(N)Cc2cccc(SCc3[nH]c4cc(C)ccc4c3CC(=O)O)c2)cc1. The van der Waals surface area contributed by atoms with Gasteiger partial charge in [-0.05, 0) is 72.5 Å². The number of rotatable bonds is 10. The second-order valence-electron chi connectivity index (χ2n) is 9.04. The number of ether oxygens (including phenoxy) is 1. The van der Waals surface area contributed by atoms with E-state index in [1.54, 1.807) is 30.8 Å². The first-order chi connectivity index (χ1) is 17.7. The lowest BCUT2D eigenvalue weighted by Crippen LogP contribution is -2.43. The van der Waals surface area contributed by atoms with Gasteiger partial charge in [0.15, 0.2) is 0 Å². The van der Waals surface area contributed by atoms with Gasteiger partial charge in [-0.15, -0.1) is 11.8 Å². The first kappa shape index (κ1) is 26.3. The van der Waals surface area contributed by atoms with Crippen molar-refractivity contribution in [2.75, 3.05) is 19.1 Å². The highest BCUT2D eigenvalue weighted by atomic mass is 32.2. The van der Waals surface area contributed by atoms with Gasteiger partial charge in [0.25, 0.3) is 0 Å². The van der Waals surface area contributed by atoms with E-state index in [2.05, 4.69) is 4.98 Å². The molecule has 0 saturated carbocycles. The summed E-state index contributed by atoms with van der Waals surface area (Å²) in [6, 6.07) is 20.6. The molecule has 0 bridgehead atoms. The summed E-state index contributed by atoms with van der Waals surface area (Å²) in [5, 5.41) is 10.4. The standard InChI is InChI=1S/C29H31N3O4S/c1-18-7-12-23-24(16-28(33)34)27(31-26(23)13-18)17-37-22-6-4-5-19(14-22)15-25(30)29(35)32(2)20-8-10-21(36-3)11-9-20/h4-14,25,31H,15-17,30H2,1-3H3,(H,33,34). The maximum Gasteiger partial charge on any atom is 0.307 e. The van der Waals surface area contributed by atoms with Crippen molar-refractivity contribution in [3.63, 3.8) is 0 Å². The van der Waals surface area contributed by atoms with Crippen LogP contribution in [0, 0.1) is 6.92 Å². The number of H-pyrrole nitrogens is 1. The lowest BCUT2D eigenvalue weighted by Gasteiger charge is -2.22. The number of fused-ring (bicyclic) bond motifs is 1. The number of likely N-dealkylation sites (N-methyl/N-ethyl adjacent to an activating group) is 1. The Balaban J connectivity index is 1.44. The van der Waals surface area contributed by atoms with Gasteiger partial charge < -0.3 is 25.5 Å². The highest BCUT2D eigenvalue weighted by Crippen LogP contribution is 2.30. The zero-order valence-corrected chi connectivity index (χ0v) is 22.0. The van der Waals surface area contributed by atoms with Crippen molar-refractivity contribution < 1.29 is 19.4 Å². The molecular weight excluding hydrogens is 486 g/mol. The maximum absolute atomic E-state index is 12.9. The van der Waals surface area contributed by atoms with E-state index >= 15 is 0 Å². The lowest BCUT2D eigenvalue weighted by atomic mass is 10.1. The minimum Gasteiger partial charge on any atom is -0.497 e. The average Bonchev–Trinajstić information content (AvgIpc) is 3.22. The quantitative estimate of drug-likeness (QED) is 0.257. The fourth-order valence-corrected chi connectivity index (χ4v) is 5.31. The molecule has 1 atom stereocenters. The monoisotopic (exact) mass is 517 g/mol. The zero-order chi connectivity index (χ0) is 26.5. The number of methoxy groups -OCH3 is 1. The van der Waals surface area contributed by atoms with E-state index in [1.165, 1.54) is 0 Å². The van der Waals surface area contributed by atoms with Gasteiger partial charge in [-0.3, -0.25) is 9.59 Å². The molecular formula is C29H31N3O4S. The number of carboxylic acid groups (broad SMARTS) is 1. The molecule has 0 aliphatic rings. The topological polar surface area (TPSA) is 109 Å². The van der Waals surface area contributed by atoms with Crippen LogP contribution in [0.25, 0.3) is 10.9 Å². The number of nitrogens with two attached hydrogens (primary N) is 1. The maximum atomic E-state index is 12.9. The number of thioether (sulfide) groups is 1. The summed E-state index contributed by atoms with van der Waals surface area (Å²) < 4.78 is 5.18. The number of carboxylic acids is 1. The lowest BCUT2D eigenvalue weighted by molar-refractivity contribution is -0.136. The third kappa shape index (κ3) is 6.34. The number of nitrogens with zero attached hydrogens (tertiary/aromatic N) is 1. The van der Waals surface area contributed by atoms with Crippen molar-refractivity contribution in [3.8, 4) is 5.75 Å². The zero-order valence-electron chi connectivity index (χ0n) is 21.2. The summed E-state index contributed by atoms with van der Waals surface area (Å²) in [7, 11) is 3.31. The van der Waals surface area contributed by atoms with Crippen LogP contribution in [-0.2, 0) is 28.2 Å². The van der Waals surface area contributed by atoms with Gasteiger partial charge in [-0.1, -0.05) is 24.3 Å². The Morgan fingerprint density at radius 1 is 1.11 bits per heavy atom. The number of benzene rings is 3. The van der Waals surface area contributed by atoms with Crippen LogP contribution >= 0.6 is 11.8 Å². The van der Waals surface area contributed by atoms with E-state index in [1.807, 2.05) is 73.7 Å². The molecule has 0 aliphatic heterocycles. The molecule has 1 heterocycles. The molecule has 0 aliphatic carbocycles. The molecule has 7 nitrogen and oxygen atoms in total. The van der Waals surface area contributed by atoms with Crippen molar-refractivity contribution in [1.29, 1.82) is 0 Å². The number of hydrogen-bond acceptors (Lipinski definition) is 5. The minimum atomic E-state index is -0.854. The number of aromatic amines is 1. The predicted molar refractivity (Wildman–Crippen MR) is 148 cm³/mol. The molecule has 0 spiro atoms. The van der Waals surface area contributed by atoms with Gasteiger partial charge in [-0.25, -0.2) is 0 Å². The molecule has 4 aromatic rings. The van der Waals surface area contributed by atoms with Crippen molar-refractivity contribution in [3.05, 3.63) is 89.1 Å². The normalized spacial score (nSPS) is 11.9. The second kappa shape index (κ2) is 11.5. The third-order valence-corrected chi connectivity index (χ3v) is 7.34. The number of aliphatic carboxylic acids is 1. The van der Waals surface area contributed by atoms with Crippen LogP contribution in [0.5, 0.6) is 5.75 Å². The Bertz CT molecular complexity index is 1410. The summed E-state index contributed by atoms with van der Waals surface area (Å²) in [6.07, 6.45) is 0.376. The number of anilines is 1. The molecule has 0 saturated heterocycles. The first-order valence-corrected chi connectivity index (χ1v) is 12.9. The number of hydrogen-bond donors (Lipinski definition) is 3. The van der Waals surface area contributed by atoms with Gasteiger partial charge >= 0.3 is 5.97 Å². The van der Waals surface area contributed by atoms with Crippen LogP contribution in [-0.4, -0.2) is 42.2 Å². The summed E-state index contributed by atoms with van der Waals surface area (Å²) in [5.74, 6) is 0.300. The predicted octanol–water partition coefficient (Wildman–Crippen LogP) is 4.94. The van der Waals surface area contributed by atoms with Crippen LogP contribution in [0.3, 0.4) is 0 Å². The van der Waals surface area contributed by atoms with Crippen LogP contribution in [0.15, 0.2) is 71.6 Å². The number of carbonyl (C=O) groups is 2. The Labute approximate surface area is 220 Å². The number of aromatic nitrogens is 1. The van der Waals surface area contributed by atoms with Gasteiger partial charge in [-0.2, -0.15) is 0 Å². The van der Waals surface area contributed by atoms with Gasteiger partial charge in [0.1, 0.15) is 5.75 Å². The molecule has 0 fully saturated rings. The Kier molecular flexibility index (Phi) is 8.21. The van der Waals surface area contributed by atoms with Gasteiger partial charge in [0.05, 0.1) is 19.6 Å². The molecule has 4 N–H and O–H groups in total. The van der Waals surface area contributed by atoms with E-state index in [0.717, 1.165) is 49.6 Å². The number of aryl methyl sites for hydroxylation is 1. The minimum absolute atomic E-state index is 0.0301. The largest absolute Gasteiger partial charge is 0.497 e. The molecule has 192 valence electrons. The van der Waals surface area contributed by atoms with E-state index < -0.39 is 12.0 Å². The average molecular weight is 518 g/mol. The Morgan fingerprint density at radius 2 is 1.86 bits per heavy atom. The highest BCUT2D eigenvalue weighted by Gasteiger charge is 2.20. The van der Waals surface area contributed by atoms with Crippen LogP contribution in [0.2, 0.25) is 0 Å². The van der Waals surface area contributed by atoms with Crippen LogP contribution in [0.1, 0.15) is 22.4 Å². The van der Waals surface area contributed by atoms with Crippen LogP contribution in [0.4, 0.5) is 5.69 Å². The summed E-state index contributed by atoms with van der Waals surface area (Å²) in [6.45, 7) is 2.02. The van der Waals surface area contributed by atoms with E-state index in [4.69, 9.17) is 10.5 Å². The van der Waals surface area contributed by atoms with Crippen molar-refractivity contribution >= 4 is 40.2 Å². The van der Waals surface area contributed by atoms with E-state index in [9.17, 15) is 14.7 Å². The summed E-state index contributed by atoms with van der Waals surface area (Å²) >= 11 is 1.62. The number of carbonyl (C=O) groups excluding carboxylic acids is 1. The Hall–Kier alpha value is -3.75. The fourth-order valence-electron chi connectivity index (χ4n) is 4.34. The van der Waals surface area contributed by atoms with E-state index in [0.29, 0.717) is 12.2 Å². The molecule has 4 rings (SSSR count). The van der Waals surface area contributed by atoms with Crippen molar-refractivity contribution in [2.24, 2.45) is 5.73 Å². The Morgan fingerprint density at radius 3 is 2.57 bits per heavy atom. The molecule has 1 unspecified atom stereocenters. The number of amides is 1. The fraction of sp³-hybridized carbons (Fsp3) is 0.241. The number of nitrogens with one attached hydrogen (secondary N) is 1. The van der Waals surface area contributed by atoms with E-state index in [-0.39, 0.29) is 12.3 Å². The second-order valence-corrected chi connectivity index (χ2v) is 10.1. The molecule has 8 heteroatoms. The van der Waals surface area contributed by atoms with Crippen LogP contribution < -0.4 is 15.4 Å². The molecule has 1 aromatic heterocycles. The third-order valence-electron chi connectivity index (χ3n) is 6.32. The highest BCUT2D eigenvalue weighted by molar-refractivity contribution is 7.98.